The van der Waals surface area contributed by atoms with Gasteiger partial charge in [0.15, 0.2) is 17.6 Å². The van der Waals surface area contributed by atoms with Crippen LogP contribution in [-0.2, 0) is 6.61 Å². The van der Waals surface area contributed by atoms with Crippen LogP contribution in [0.3, 0.4) is 0 Å². The summed E-state index contributed by atoms with van der Waals surface area (Å²) in [5.74, 6) is 0.0262. The van der Waals surface area contributed by atoms with Gasteiger partial charge in [0.05, 0.1) is 17.5 Å². The summed E-state index contributed by atoms with van der Waals surface area (Å²) < 4.78 is 52.0. The first-order chi connectivity index (χ1) is 16.7. The molecule has 0 saturated carbocycles. The SMILES string of the molecule is Oc1ccc(C(O)N/N=C/c2ccc(OCc3ccc(OC(F)(F)F)cc3)c3occc23)cc1Cl. The van der Waals surface area contributed by atoms with Gasteiger partial charge < -0.3 is 24.1 Å². The fourth-order valence-electron chi connectivity index (χ4n) is 3.18. The second-order valence-corrected chi connectivity index (χ2v) is 7.70. The molecule has 0 aliphatic heterocycles. The third-order valence-electron chi connectivity index (χ3n) is 4.85. The van der Waals surface area contributed by atoms with E-state index in [1.807, 2.05) is 0 Å². The van der Waals surface area contributed by atoms with Crippen LogP contribution in [0, 0.1) is 0 Å². The first-order valence-electron chi connectivity index (χ1n) is 10.1. The molecular weight excluding hydrogens is 489 g/mol. The average molecular weight is 507 g/mol. The molecule has 1 atom stereocenters. The van der Waals surface area contributed by atoms with E-state index in [0.717, 1.165) is 0 Å². The van der Waals surface area contributed by atoms with Crippen LogP contribution < -0.4 is 14.9 Å². The van der Waals surface area contributed by atoms with Gasteiger partial charge in [0.25, 0.3) is 0 Å². The molecule has 0 radical (unpaired) electrons. The molecule has 0 saturated heterocycles. The summed E-state index contributed by atoms with van der Waals surface area (Å²) in [7, 11) is 0. The maximum atomic E-state index is 12.3. The number of phenols is 1. The van der Waals surface area contributed by atoms with E-state index >= 15 is 0 Å². The zero-order valence-corrected chi connectivity index (χ0v) is 18.5. The Kier molecular flexibility index (Phi) is 7.04. The summed E-state index contributed by atoms with van der Waals surface area (Å²) in [4.78, 5) is 0. The normalized spacial score (nSPS) is 12.7. The van der Waals surface area contributed by atoms with Gasteiger partial charge in [-0.25, -0.2) is 0 Å². The molecule has 0 bridgehead atoms. The summed E-state index contributed by atoms with van der Waals surface area (Å²) in [5.41, 5.74) is 4.76. The molecule has 4 aromatic rings. The number of aliphatic hydroxyl groups excluding tert-OH is 1. The molecule has 1 aromatic heterocycles. The standard InChI is InChI=1S/C24H18ClF3N2O5/c25-19-11-15(3-7-20(19)31)23(32)30-29-12-16-4-8-21(22-18(16)9-10-33-22)34-13-14-1-5-17(6-2-14)35-24(26,27)28/h1-12,23,30-32H,13H2/b29-12+. The summed E-state index contributed by atoms with van der Waals surface area (Å²) in [5, 5.41) is 24.5. The molecule has 4 rings (SSSR count). The number of hydrogen-bond acceptors (Lipinski definition) is 7. The van der Waals surface area contributed by atoms with Gasteiger partial charge in [-0.2, -0.15) is 5.10 Å². The molecule has 3 aromatic carbocycles. The number of hydrogen-bond donors (Lipinski definition) is 3. The summed E-state index contributed by atoms with van der Waals surface area (Å²) >= 11 is 5.85. The highest BCUT2D eigenvalue weighted by molar-refractivity contribution is 6.32. The molecule has 11 heteroatoms. The van der Waals surface area contributed by atoms with E-state index in [-0.39, 0.29) is 23.1 Å². The Morgan fingerprint density at radius 1 is 1.09 bits per heavy atom. The Balaban J connectivity index is 1.41. The van der Waals surface area contributed by atoms with Crippen molar-refractivity contribution in [3.05, 3.63) is 88.6 Å². The maximum Gasteiger partial charge on any atom is 0.573 e. The number of fused-ring (bicyclic) bond motifs is 1. The molecule has 1 unspecified atom stereocenters. The van der Waals surface area contributed by atoms with E-state index < -0.39 is 12.6 Å². The lowest BCUT2D eigenvalue weighted by atomic mass is 10.1. The zero-order chi connectivity index (χ0) is 25.0. The fraction of sp³-hybridized carbons (Fsp3) is 0.125. The smallest absolute Gasteiger partial charge is 0.506 e. The molecule has 0 aliphatic rings. The number of halogens is 4. The number of nitrogens with zero attached hydrogens (tertiary/aromatic N) is 1. The van der Waals surface area contributed by atoms with Gasteiger partial charge in [0, 0.05) is 16.5 Å². The van der Waals surface area contributed by atoms with E-state index in [2.05, 4.69) is 15.3 Å². The van der Waals surface area contributed by atoms with Crippen LogP contribution in [-0.4, -0.2) is 22.8 Å². The minimum atomic E-state index is -4.75. The monoisotopic (exact) mass is 506 g/mol. The van der Waals surface area contributed by atoms with Crippen LogP contribution >= 0.6 is 11.6 Å². The van der Waals surface area contributed by atoms with Gasteiger partial charge >= 0.3 is 6.36 Å². The highest BCUT2D eigenvalue weighted by Crippen LogP contribution is 2.30. The lowest BCUT2D eigenvalue weighted by molar-refractivity contribution is -0.274. The van der Waals surface area contributed by atoms with Crippen LogP contribution in [0.4, 0.5) is 13.2 Å². The minimum Gasteiger partial charge on any atom is -0.506 e. The summed E-state index contributed by atoms with van der Waals surface area (Å²) in [6.07, 6.45) is -2.92. The largest absolute Gasteiger partial charge is 0.573 e. The number of ether oxygens (including phenoxy) is 2. The van der Waals surface area contributed by atoms with E-state index in [0.29, 0.717) is 33.4 Å². The van der Waals surface area contributed by atoms with Gasteiger partial charge in [-0.15, -0.1) is 13.2 Å². The third kappa shape index (κ3) is 6.17. The van der Waals surface area contributed by atoms with Crippen LogP contribution in [0.15, 0.2) is 76.4 Å². The van der Waals surface area contributed by atoms with Gasteiger partial charge in [0.1, 0.15) is 18.1 Å². The molecule has 0 fully saturated rings. The molecule has 3 N–H and O–H groups in total. The van der Waals surface area contributed by atoms with Gasteiger partial charge in [-0.3, -0.25) is 5.43 Å². The first kappa shape index (κ1) is 24.2. The van der Waals surface area contributed by atoms with Gasteiger partial charge in [-0.05, 0) is 48.0 Å². The fourth-order valence-corrected chi connectivity index (χ4v) is 3.37. The van der Waals surface area contributed by atoms with Crippen LogP contribution in [0.2, 0.25) is 5.02 Å². The number of phenolic OH excluding ortho intramolecular Hbond substituents is 1. The van der Waals surface area contributed by atoms with Gasteiger partial charge in [0.2, 0.25) is 0 Å². The Bertz CT molecular complexity index is 1340. The van der Waals surface area contributed by atoms with E-state index in [1.165, 1.54) is 54.9 Å². The van der Waals surface area contributed by atoms with Crippen molar-refractivity contribution < 1.29 is 37.3 Å². The van der Waals surface area contributed by atoms with Crippen LogP contribution in [0.1, 0.15) is 22.9 Å². The molecule has 35 heavy (non-hydrogen) atoms. The number of aliphatic hydroxyl groups is 1. The van der Waals surface area contributed by atoms with Crippen molar-refractivity contribution in [2.24, 2.45) is 5.10 Å². The van der Waals surface area contributed by atoms with Crippen molar-refractivity contribution in [1.82, 2.24) is 5.43 Å². The second-order valence-electron chi connectivity index (χ2n) is 7.30. The molecular formula is C24H18ClF3N2O5. The zero-order valence-electron chi connectivity index (χ0n) is 17.8. The lowest BCUT2D eigenvalue weighted by Crippen LogP contribution is -2.17. The Hall–Kier alpha value is -3.89. The minimum absolute atomic E-state index is 0.0942. The molecule has 0 spiro atoms. The Morgan fingerprint density at radius 2 is 1.86 bits per heavy atom. The Labute approximate surface area is 202 Å². The number of benzene rings is 3. The number of hydrazone groups is 1. The molecule has 7 nitrogen and oxygen atoms in total. The summed E-state index contributed by atoms with van der Waals surface area (Å²) in [6.45, 7) is 0.0957. The predicted molar refractivity (Wildman–Crippen MR) is 122 cm³/mol. The number of rotatable bonds is 8. The summed E-state index contributed by atoms with van der Waals surface area (Å²) in [6, 6.07) is 14.8. The van der Waals surface area contributed by atoms with Crippen molar-refractivity contribution in [3.8, 4) is 17.2 Å². The van der Waals surface area contributed by atoms with Crippen molar-refractivity contribution in [1.29, 1.82) is 0 Å². The first-order valence-corrected chi connectivity index (χ1v) is 10.5. The second kappa shape index (κ2) is 10.2. The molecule has 1 heterocycles. The topological polar surface area (TPSA) is 96.5 Å². The van der Waals surface area contributed by atoms with Crippen molar-refractivity contribution in [2.45, 2.75) is 19.2 Å². The average Bonchev–Trinajstić information content (AvgIpc) is 3.30. The van der Waals surface area contributed by atoms with E-state index in [9.17, 15) is 23.4 Å². The van der Waals surface area contributed by atoms with Crippen molar-refractivity contribution in [2.75, 3.05) is 0 Å². The molecule has 182 valence electrons. The molecule has 0 aliphatic carbocycles. The highest BCUT2D eigenvalue weighted by atomic mass is 35.5. The lowest BCUT2D eigenvalue weighted by Gasteiger charge is -2.11. The highest BCUT2D eigenvalue weighted by Gasteiger charge is 2.30. The number of furan rings is 1. The number of aromatic hydroxyl groups is 1. The van der Waals surface area contributed by atoms with E-state index in [4.69, 9.17) is 20.8 Å². The van der Waals surface area contributed by atoms with Crippen LogP contribution in [0.5, 0.6) is 17.2 Å². The third-order valence-corrected chi connectivity index (χ3v) is 5.16. The predicted octanol–water partition coefficient (Wildman–Crippen LogP) is 5.88. The number of nitrogens with one attached hydrogen (secondary N) is 1. The van der Waals surface area contributed by atoms with Gasteiger partial charge in [-0.1, -0.05) is 29.8 Å². The maximum absolute atomic E-state index is 12.3. The van der Waals surface area contributed by atoms with Crippen LogP contribution in [0.25, 0.3) is 11.0 Å². The number of alkyl halides is 3. The quantitative estimate of drug-likeness (QED) is 0.157. The Morgan fingerprint density at radius 3 is 2.57 bits per heavy atom. The molecule has 0 amide bonds. The van der Waals surface area contributed by atoms with Crippen molar-refractivity contribution >= 4 is 28.8 Å². The van der Waals surface area contributed by atoms with E-state index in [1.54, 1.807) is 18.2 Å². The van der Waals surface area contributed by atoms with Crippen molar-refractivity contribution in [3.63, 3.8) is 0 Å².